The first kappa shape index (κ1) is 19.2. The van der Waals surface area contributed by atoms with Crippen molar-refractivity contribution < 1.29 is 14.3 Å². The first-order chi connectivity index (χ1) is 9.74. The van der Waals surface area contributed by atoms with E-state index in [2.05, 4.69) is 0 Å². The van der Waals surface area contributed by atoms with Crippen molar-refractivity contribution in [1.82, 2.24) is 9.80 Å². The molecule has 1 saturated carbocycles. The first-order valence-electron chi connectivity index (χ1n) is 7.69. The molecule has 0 radical (unpaired) electrons. The standard InChI is InChI=1S/C15H27N3O3.ClH/c1-5-21-12-10-15(16,14(12,3)4)13(20)18-8-6-17(7-9-18)11(2)19;/h12H,5-10,16H2,1-4H3;1H. The Morgan fingerprint density at radius 1 is 1.18 bits per heavy atom. The van der Waals surface area contributed by atoms with E-state index in [9.17, 15) is 9.59 Å². The summed E-state index contributed by atoms with van der Waals surface area (Å²) in [6.45, 7) is 10.5. The van der Waals surface area contributed by atoms with Gasteiger partial charge in [0, 0.05) is 51.5 Å². The number of hydrogen-bond acceptors (Lipinski definition) is 4. The quantitative estimate of drug-likeness (QED) is 0.822. The lowest BCUT2D eigenvalue weighted by molar-refractivity contribution is -0.180. The summed E-state index contributed by atoms with van der Waals surface area (Å²) in [6, 6.07) is 0. The average molecular weight is 334 g/mol. The summed E-state index contributed by atoms with van der Waals surface area (Å²) in [5.41, 5.74) is 5.20. The minimum atomic E-state index is -0.856. The van der Waals surface area contributed by atoms with Gasteiger partial charge in [-0.05, 0) is 6.92 Å². The molecule has 2 atom stereocenters. The zero-order chi connectivity index (χ0) is 15.8. The minimum absolute atomic E-state index is 0. The van der Waals surface area contributed by atoms with Crippen LogP contribution in [0.4, 0.5) is 0 Å². The molecule has 0 aromatic rings. The summed E-state index contributed by atoms with van der Waals surface area (Å²) in [6.07, 6.45) is 0.606. The summed E-state index contributed by atoms with van der Waals surface area (Å²) in [5, 5.41) is 0. The summed E-state index contributed by atoms with van der Waals surface area (Å²) in [7, 11) is 0. The SMILES string of the molecule is CCOC1CC(N)(C(=O)N2CCN(C(C)=O)CC2)C1(C)C.Cl. The highest BCUT2D eigenvalue weighted by Crippen LogP contribution is 2.50. The molecule has 2 fully saturated rings. The van der Waals surface area contributed by atoms with E-state index in [0.717, 1.165) is 0 Å². The third-order valence-electron chi connectivity index (χ3n) is 5.22. The molecule has 2 rings (SSSR count). The fourth-order valence-electron chi connectivity index (χ4n) is 3.30. The molecule has 2 N–H and O–H groups in total. The van der Waals surface area contributed by atoms with Crippen LogP contribution >= 0.6 is 12.4 Å². The smallest absolute Gasteiger partial charge is 0.243 e. The number of piperazine rings is 1. The van der Waals surface area contributed by atoms with Crippen molar-refractivity contribution in [2.45, 2.75) is 45.8 Å². The fourth-order valence-corrected chi connectivity index (χ4v) is 3.30. The van der Waals surface area contributed by atoms with E-state index in [1.54, 1.807) is 16.7 Å². The molecule has 0 spiro atoms. The Labute approximate surface area is 138 Å². The van der Waals surface area contributed by atoms with Gasteiger partial charge in [0.05, 0.1) is 6.10 Å². The molecule has 2 amide bonds. The number of nitrogens with two attached hydrogens (primary N) is 1. The van der Waals surface area contributed by atoms with Crippen molar-refractivity contribution >= 4 is 24.2 Å². The Bertz CT molecular complexity index is 436. The molecule has 1 heterocycles. The number of halogens is 1. The van der Waals surface area contributed by atoms with Gasteiger partial charge in [-0.1, -0.05) is 13.8 Å². The molecule has 0 aromatic heterocycles. The Balaban J connectivity index is 0.00000242. The second-order valence-electron chi connectivity index (χ2n) is 6.64. The average Bonchev–Trinajstić information content (AvgIpc) is 2.46. The molecule has 7 heteroatoms. The van der Waals surface area contributed by atoms with Crippen molar-refractivity contribution in [3.05, 3.63) is 0 Å². The van der Waals surface area contributed by atoms with Crippen LogP contribution in [0.3, 0.4) is 0 Å². The number of amides is 2. The Kier molecular flexibility index (Phi) is 5.87. The molecule has 0 aromatic carbocycles. The molecule has 2 unspecified atom stereocenters. The zero-order valence-corrected chi connectivity index (χ0v) is 14.7. The molecule has 1 saturated heterocycles. The van der Waals surface area contributed by atoms with Gasteiger partial charge in [0.15, 0.2) is 0 Å². The highest BCUT2D eigenvalue weighted by Gasteiger charge is 2.63. The predicted molar refractivity (Wildman–Crippen MR) is 86.8 cm³/mol. The van der Waals surface area contributed by atoms with Gasteiger partial charge in [0.2, 0.25) is 11.8 Å². The van der Waals surface area contributed by atoms with E-state index in [1.165, 1.54) is 0 Å². The largest absolute Gasteiger partial charge is 0.378 e. The summed E-state index contributed by atoms with van der Waals surface area (Å²) < 4.78 is 5.67. The van der Waals surface area contributed by atoms with Crippen LogP contribution in [0.1, 0.15) is 34.1 Å². The van der Waals surface area contributed by atoms with E-state index >= 15 is 0 Å². The van der Waals surface area contributed by atoms with Gasteiger partial charge in [-0.2, -0.15) is 0 Å². The van der Waals surface area contributed by atoms with Gasteiger partial charge in [0.1, 0.15) is 5.54 Å². The van der Waals surface area contributed by atoms with Crippen molar-refractivity contribution in [3.8, 4) is 0 Å². The van der Waals surface area contributed by atoms with Crippen LogP contribution in [0, 0.1) is 5.41 Å². The first-order valence-corrected chi connectivity index (χ1v) is 7.69. The van der Waals surface area contributed by atoms with Gasteiger partial charge in [-0.3, -0.25) is 9.59 Å². The van der Waals surface area contributed by atoms with E-state index in [1.807, 2.05) is 20.8 Å². The van der Waals surface area contributed by atoms with Gasteiger partial charge < -0.3 is 20.3 Å². The number of nitrogens with zero attached hydrogens (tertiary/aromatic N) is 2. The molecule has 0 bridgehead atoms. The maximum atomic E-state index is 12.8. The van der Waals surface area contributed by atoms with Crippen LogP contribution in [0.5, 0.6) is 0 Å². The molecular weight excluding hydrogens is 306 g/mol. The summed E-state index contributed by atoms with van der Waals surface area (Å²) in [5.74, 6) is 0.0524. The lowest BCUT2D eigenvalue weighted by Gasteiger charge is -2.59. The van der Waals surface area contributed by atoms with Crippen molar-refractivity contribution in [2.24, 2.45) is 11.1 Å². The molecular formula is C15H28ClN3O3. The molecule has 1 aliphatic heterocycles. The summed E-state index contributed by atoms with van der Waals surface area (Å²) >= 11 is 0. The fraction of sp³-hybridized carbons (Fsp3) is 0.867. The number of carbonyl (C=O) groups is 2. The van der Waals surface area contributed by atoms with Crippen LogP contribution in [0.15, 0.2) is 0 Å². The third-order valence-corrected chi connectivity index (χ3v) is 5.22. The molecule has 6 nitrogen and oxygen atoms in total. The monoisotopic (exact) mass is 333 g/mol. The Morgan fingerprint density at radius 3 is 2.09 bits per heavy atom. The minimum Gasteiger partial charge on any atom is -0.378 e. The van der Waals surface area contributed by atoms with E-state index < -0.39 is 5.54 Å². The van der Waals surface area contributed by atoms with Crippen LogP contribution in [-0.4, -0.2) is 66.0 Å². The van der Waals surface area contributed by atoms with Gasteiger partial charge in [-0.25, -0.2) is 0 Å². The maximum Gasteiger partial charge on any atom is 0.243 e. The normalized spacial score (nSPS) is 30.3. The second kappa shape index (κ2) is 6.72. The number of ether oxygens (including phenoxy) is 1. The van der Waals surface area contributed by atoms with Gasteiger partial charge in [0.25, 0.3) is 0 Å². The Hall–Kier alpha value is -0.850. The number of carbonyl (C=O) groups excluding carboxylic acids is 2. The van der Waals surface area contributed by atoms with E-state index in [-0.39, 0.29) is 35.7 Å². The lowest BCUT2D eigenvalue weighted by atomic mass is 9.54. The van der Waals surface area contributed by atoms with Crippen molar-refractivity contribution in [2.75, 3.05) is 32.8 Å². The molecule has 1 aliphatic carbocycles. The number of hydrogen-bond donors (Lipinski definition) is 1. The van der Waals surface area contributed by atoms with Gasteiger partial charge in [-0.15, -0.1) is 12.4 Å². The van der Waals surface area contributed by atoms with Crippen LogP contribution in [0.25, 0.3) is 0 Å². The van der Waals surface area contributed by atoms with Gasteiger partial charge >= 0.3 is 0 Å². The number of rotatable bonds is 3. The molecule has 22 heavy (non-hydrogen) atoms. The van der Waals surface area contributed by atoms with Crippen molar-refractivity contribution in [3.63, 3.8) is 0 Å². The highest BCUT2D eigenvalue weighted by molar-refractivity contribution is 5.89. The topological polar surface area (TPSA) is 75.9 Å². The lowest BCUT2D eigenvalue weighted by Crippen LogP contribution is -2.76. The van der Waals surface area contributed by atoms with Crippen molar-refractivity contribution in [1.29, 1.82) is 0 Å². The third kappa shape index (κ3) is 2.96. The zero-order valence-electron chi connectivity index (χ0n) is 13.9. The van der Waals surface area contributed by atoms with Crippen LogP contribution in [0.2, 0.25) is 0 Å². The van der Waals surface area contributed by atoms with E-state index in [0.29, 0.717) is 39.2 Å². The molecule has 128 valence electrons. The van der Waals surface area contributed by atoms with E-state index in [4.69, 9.17) is 10.5 Å². The maximum absolute atomic E-state index is 12.8. The predicted octanol–water partition coefficient (Wildman–Crippen LogP) is 0.631. The van der Waals surface area contributed by atoms with Crippen LogP contribution < -0.4 is 5.73 Å². The summed E-state index contributed by atoms with van der Waals surface area (Å²) in [4.78, 5) is 27.7. The second-order valence-corrected chi connectivity index (χ2v) is 6.64. The molecule has 2 aliphatic rings. The Morgan fingerprint density at radius 2 is 1.68 bits per heavy atom. The van der Waals surface area contributed by atoms with Crippen LogP contribution in [-0.2, 0) is 14.3 Å². The highest BCUT2D eigenvalue weighted by atomic mass is 35.5.